The second kappa shape index (κ2) is 7.18. The minimum absolute atomic E-state index is 0.0544. The van der Waals surface area contributed by atoms with Gasteiger partial charge in [-0.1, -0.05) is 24.3 Å². The molecule has 144 valence electrons. The second-order valence-corrected chi connectivity index (χ2v) is 7.71. The van der Waals surface area contributed by atoms with Crippen LogP contribution in [-0.2, 0) is 11.3 Å². The number of nitrogens with zero attached hydrogens (tertiary/aromatic N) is 6. The van der Waals surface area contributed by atoms with Crippen molar-refractivity contribution >= 4 is 17.4 Å². The van der Waals surface area contributed by atoms with Gasteiger partial charge in [0.25, 0.3) is 0 Å². The minimum Gasteiger partial charge on any atom is -0.355 e. The summed E-state index contributed by atoms with van der Waals surface area (Å²) in [6.45, 7) is 2.20. The summed E-state index contributed by atoms with van der Waals surface area (Å²) >= 11 is 0. The van der Waals surface area contributed by atoms with Crippen molar-refractivity contribution in [1.82, 2.24) is 30.6 Å². The summed E-state index contributed by atoms with van der Waals surface area (Å²) in [7, 11) is 0. The molecule has 8 heteroatoms. The van der Waals surface area contributed by atoms with E-state index in [1.54, 1.807) is 0 Å². The summed E-state index contributed by atoms with van der Waals surface area (Å²) in [5, 5.41) is 18.9. The third kappa shape index (κ3) is 3.54. The number of nitrogens with one attached hydrogen (secondary N) is 1. The van der Waals surface area contributed by atoms with Gasteiger partial charge in [-0.15, -0.1) is 14.8 Å². The second-order valence-electron chi connectivity index (χ2n) is 7.71. The van der Waals surface area contributed by atoms with E-state index >= 15 is 0 Å². The van der Waals surface area contributed by atoms with Crippen molar-refractivity contribution in [3.63, 3.8) is 0 Å². The predicted octanol–water partition coefficient (Wildman–Crippen LogP) is 1.93. The van der Waals surface area contributed by atoms with Crippen molar-refractivity contribution < 1.29 is 4.79 Å². The molecule has 1 saturated carbocycles. The summed E-state index contributed by atoms with van der Waals surface area (Å²) in [4.78, 5) is 14.7. The van der Waals surface area contributed by atoms with Gasteiger partial charge in [0.05, 0.1) is 0 Å². The van der Waals surface area contributed by atoms with Gasteiger partial charge in [0.1, 0.15) is 0 Å². The fourth-order valence-corrected chi connectivity index (χ4v) is 3.84. The van der Waals surface area contributed by atoms with Gasteiger partial charge in [0.2, 0.25) is 5.91 Å². The quantitative estimate of drug-likeness (QED) is 0.731. The molecule has 3 aromatic rings. The van der Waals surface area contributed by atoms with Crippen LogP contribution in [0.1, 0.15) is 42.7 Å². The molecule has 2 fully saturated rings. The number of tetrazole rings is 1. The minimum atomic E-state index is 0.0544. The van der Waals surface area contributed by atoms with Crippen molar-refractivity contribution in [3.05, 3.63) is 47.5 Å². The third-order valence-electron chi connectivity index (χ3n) is 5.74. The number of hydrogen-bond acceptors (Lipinski definition) is 6. The number of fused-ring (bicyclic) bond motifs is 1. The number of anilines is 1. The Morgan fingerprint density at radius 2 is 1.82 bits per heavy atom. The summed E-state index contributed by atoms with van der Waals surface area (Å²) in [6, 6.07) is 12.5. The Kier molecular flexibility index (Phi) is 4.38. The van der Waals surface area contributed by atoms with Crippen LogP contribution >= 0.6 is 0 Å². The van der Waals surface area contributed by atoms with Crippen LogP contribution in [0.5, 0.6) is 0 Å². The van der Waals surface area contributed by atoms with Crippen molar-refractivity contribution in [2.45, 2.75) is 38.1 Å². The molecular weight excluding hydrogens is 354 g/mol. The molecule has 2 aliphatic rings. The highest BCUT2D eigenvalue weighted by atomic mass is 16.1. The molecule has 28 heavy (non-hydrogen) atoms. The maximum Gasteiger partial charge on any atom is 0.223 e. The zero-order chi connectivity index (χ0) is 18.9. The standard InChI is InChI=1S/C20H23N7O/c28-20(21-13-14-1-3-15(4-2-14)16-5-6-16)17-9-11-26(12-10-17)19-8-7-18-22-24-25-27(18)23-19/h1-4,7-8,16-17H,5-6,9-13H2,(H,21,28). The molecule has 0 spiro atoms. The predicted molar refractivity (Wildman–Crippen MR) is 104 cm³/mol. The van der Waals surface area contributed by atoms with Crippen molar-refractivity contribution in [3.8, 4) is 0 Å². The van der Waals surface area contributed by atoms with Crippen molar-refractivity contribution in [1.29, 1.82) is 0 Å². The van der Waals surface area contributed by atoms with E-state index in [4.69, 9.17) is 0 Å². The first-order valence-electron chi connectivity index (χ1n) is 9.93. The SMILES string of the molecule is O=C(NCc1ccc(C2CC2)cc1)C1CCN(c2ccc3nnnn3n2)CC1. The first-order chi connectivity index (χ1) is 13.8. The van der Waals surface area contributed by atoms with Gasteiger partial charge in [-0.2, -0.15) is 0 Å². The van der Waals surface area contributed by atoms with Crippen LogP contribution in [-0.4, -0.2) is 44.3 Å². The molecule has 8 nitrogen and oxygen atoms in total. The third-order valence-corrected chi connectivity index (χ3v) is 5.74. The number of hydrogen-bond donors (Lipinski definition) is 1. The normalized spacial score (nSPS) is 17.8. The Morgan fingerprint density at radius 1 is 1.04 bits per heavy atom. The van der Waals surface area contributed by atoms with E-state index in [0.717, 1.165) is 43.2 Å². The number of rotatable bonds is 5. The summed E-state index contributed by atoms with van der Waals surface area (Å²) in [5.41, 5.74) is 3.22. The van der Waals surface area contributed by atoms with Crippen molar-refractivity contribution in [2.75, 3.05) is 18.0 Å². The molecule has 2 aromatic heterocycles. The molecule has 0 atom stereocenters. The van der Waals surface area contributed by atoms with Gasteiger partial charge >= 0.3 is 0 Å². The highest BCUT2D eigenvalue weighted by molar-refractivity contribution is 5.79. The van der Waals surface area contributed by atoms with Gasteiger partial charge in [-0.05, 0) is 65.3 Å². The lowest BCUT2D eigenvalue weighted by atomic mass is 9.96. The molecule has 0 unspecified atom stereocenters. The molecule has 1 aliphatic carbocycles. The molecule has 1 N–H and O–H groups in total. The zero-order valence-corrected chi connectivity index (χ0v) is 15.7. The Bertz CT molecular complexity index is 972. The van der Waals surface area contributed by atoms with E-state index in [-0.39, 0.29) is 11.8 Å². The monoisotopic (exact) mass is 377 g/mol. The van der Waals surface area contributed by atoms with Crippen LogP contribution < -0.4 is 10.2 Å². The summed E-state index contributed by atoms with van der Waals surface area (Å²) in [5.74, 6) is 1.81. The van der Waals surface area contributed by atoms with Gasteiger partial charge < -0.3 is 10.2 Å². The summed E-state index contributed by atoms with van der Waals surface area (Å²) in [6.07, 6.45) is 4.27. The molecule has 1 amide bonds. The molecule has 0 bridgehead atoms. The number of amides is 1. The van der Waals surface area contributed by atoms with E-state index in [1.807, 2.05) is 12.1 Å². The molecular formula is C20H23N7O. The molecule has 1 aromatic carbocycles. The van der Waals surface area contributed by atoms with Crippen molar-refractivity contribution in [2.24, 2.45) is 5.92 Å². The fraction of sp³-hybridized carbons (Fsp3) is 0.450. The zero-order valence-electron chi connectivity index (χ0n) is 15.7. The Hall–Kier alpha value is -3.03. The van der Waals surface area contributed by atoms with E-state index in [1.165, 1.54) is 23.0 Å². The Morgan fingerprint density at radius 3 is 2.57 bits per heavy atom. The molecule has 5 rings (SSSR count). The smallest absolute Gasteiger partial charge is 0.223 e. The Balaban J connectivity index is 1.13. The van der Waals surface area contributed by atoms with Gasteiger partial charge in [0.15, 0.2) is 11.5 Å². The average Bonchev–Trinajstić information content (AvgIpc) is 3.49. The summed E-state index contributed by atoms with van der Waals surface area (Å²) < 4.78 is 1.43. The number of aromatic nitrogens is 5. The van der Waals surface area contributed by atoms with Crippen LogP contribution in [0, 0.1) is 5.92 Å². The largest absolute Gasteiger partial charge is 0.355 e. The van der Waals surface area contributed by atoms with E-state index in [0.29, 0.717) is 12.2 Å². The van der Waals surface area contributed by atoms with Gasteiger partial charge in [-0.25, -0.2) is 0 Å². The van der Waals surface area contributed by atoms with Crippen LogP contribution in [0.25, 0.3) is 5.65 Å². The Labute approximate surface area is 162 Å². The number of piperidine rings is 1. The molecule has 1 saturated heterocycles. The van der Waals surface area contributed by atoms with E-state index < -0.39 is 0 Å². The van der Waals surface area contributed by atoms with Crippen LogP contribution in [0.4, 0.5) is 5.82 Å². The van der Waals surface area contributed by atoms with Gasteiger partial charge in [-0.3, -0.25) is 4.79 Å². The first kappa shape index (κ1) is 17.1. The number of benzene rings is 1. The molecule has 0 radical (unpaired) electrons. The van der Waals surface area contributed by atoms with E-state index in [9.17, 15) is 4.79 Å². The topological polar surface area (TPSA) is 88.3 Å². The highest BCUT2D eigenvalue weighted by Gasteiger charge is 2.26. The van der Waals surface area contributed by atoms with Crippen LogP contribution in [0.15, 0.2) is 36.4 Å². The van der Waals surface area contributed by atoms with E-state index in [2.05, 4.69) is 55.1 Å². The van der Waals surface area contributed by atoms with Gasteiger partial charge in [0, 0.05) is 25.6 Å². The highest BCUT2D eigenvalue weighted by Crippen LogP contribution is 2.39. The molecule has 1 aliphatic heterocycles. The first-order valence-corrected chi connectivity index (χ1v) is 9.93. The number of carbonyl (C=O) groups excluding carboxylic acids is 1. The molecule has 3 heterocycles. The van der Waals surface area contributed by atoms with Crippen LogP contribution in [0.2, 0.25) is 0 Å². The fourth-order valence-electron chi connectivity index (χ4n) is 3.84. The number of carbonyl (C=O) groups is 1. The van der Waals surface area contributed by atoms with Crippen LogP contribution in [0.3, 0.4) is 0 Å². The lowest BCUT2D eigenvalue weighted by Crippen LogP contribution is -2.40. The average molecular weight is 377 g/mol. The lowest BCUT2D eigenvalue weighted by molar-refractivity contribution is -0.125. The maximum absolute atomic E-state index is 12.6. The maximum atomic E-state index is 12.6. The lowest BCUT2D eigenvalue weighted by Gasteiger charge is -2.31.